The van der Waals surface area contributed by atoms with Crippen molar-refractivity contribution in [3.05, 3.63) is 64.3 Å². The van der Waals surface area contributed by atoms with Crippen molar-refractivity contribution in [3.8, 4) is 5.75 Å². The van der Waals surface area contributed by atoms with Crippen LogP contribution in [0.5, 0.6) is 5.75 Å². The first kappa shape index (κ1) is 13.2. The lowest BCUT2D eigenvalue weighted by molar-refractivity contribution is 0.0974. The standard InChI is InChI=1S/C17H13ClN2O2/c1-9-6-15-10(7-12(9)18)16(21)11-8-19-13-4-2-3-5-14(13)20-17(11)22-15/h2-8,17,19-20H,1H3/t17-/m0/s1. The molecule has 0 spiro atoms. The molecule has 0 radical (unpaired) electrons. The van der Waals surface area contributed by atoms with E-state index in [1.54, 1.807) is 18.3 Å². The minimum absolute atomic E-state index is 0.0824. The van der Waals surface area contributed by atoms with E-state index in [1.807, 2.05) is 31.2 Å². The first-order valence-electron chi connectivity index (χ1n) is 6.97. The van der Waals surface area contributed by atoms with Crippen LogP contribution in [0.4, 0.5) is 11.4 Å². The highest BCUT2D eigenvalue weighted by Crippen LogP contribution is 2.37. The molecule has 5 heteroatoms. The van der Waals surface area contributed by atoms with Gasteiger partial charge >= 0.3 is 0 Å². The highest BCUT2D eigenvalue weighted by molar-refractivity contribution is 6.32. The van der Waals surface area contributed by atoms with Gasteiger partial charge in [-0.3, -0.25) is 4.79 Å². The van der Waals surface area contributed by atoms with Gasteiger partial charge < -0.3 is 15.4 Å². The molecule has 110 valence electrons. The van der Waals surface area contributed by atoms with Crippen molar-refractivity contribution >= 4 is 28.8 Å². The third-order valence-electron chi connectivity index (χ3n) is 3.89. The van der Waals surface area contributed by atoms with Crippen molar-refractivity contribution in [1.29, 1.82) is 0 Å². The van der Waals surface area contributed by atoms with Gasteiger partial charge in [-0.15, -0.1) is 0 Å². The molecule has 0 bridgehead atoms. The molecule has 0 saturated heterocycles. The Bertz CT molecular complexity index is 829. The third kappa shape index (κ3) is 1.96. The molecule has 0 aromatic heterocycles. The smallest absolute Gasteiger partial charge is 0.201 e. The van der Waals surface area contributed by atoms with Gasteiger partial charge in [-0.05, 0) is 36.8 Å². The second-order valence-corrected chi connectivity index (χ2v) is 5.77. The molecule has 2 aromatic carbocycles. The molecule has 0 amide bonds. The first-order valence-corrected chi connectivity index (χ1v) is 7.35. The van der Waals surface area contributed by atoms with Crippen LogP contribution < -0.4 is 15.4 Å². The zero-order valence-corrected chi connectivity index (χ0v) is 12.6. The van der Waals surface area contributed by atoms with Gasteiger partial charge in [0.1, 0.15) is 5.75 Å². The summed E-state index contributed by atoms with van der Waals surface area (Å²) in [7, 11) is 0. The van der Waals surface area contributed by atoms with Crippen molar-refractivity contribution in [2.45, 2.75) is 13.2 Å². The number of ether oxygens (including phenoxy) is 1. The monoisotopic (exact) mass is 312 g/mol. The molecule has 4 rings (SSSR count). The number of halogens is 1. The van der Waals surface area contributed by atoms with E-state index in [2.05, 4.69) is 10.6 Å². The summed E-state index contributed by atoms with van der Waals surface area (Å²) in [5.74, 6) is 0.474. The highest BCUT2D eigenvalue weighted by atomic mass is 35.5. The van der Waals surface area contributed by atoms with E-state index >= 15 is 0 Å². The Balaban J connectivity index is 1.81. The van der Waals surface area contributed by atoms with Gasteiger partial charge in [-0.1, -0.05) is 23.7 Å². The minimum atomic E-state index is -0.517. The van der Waals surface area contributed by atoms with Crippen molar-refractivity contribution in [1.82, 2.24) is 0 Å². The van der Waals surface area contributed by atoms with E-state index in [0.29, 0.717) is 21.9 Å². The molecule has 0 aliphatic carbocycles. The Hall–Kier alpha value is -2.46. The summed E-state index contributed by atoms with van der Waals surface area (Å²) in [6, 6.07) is 11.2. The number of hydrogen-bond acceptors (Lipinski definition) is 4. The number of anilines is 2. The quantitative estimate of drug-likeness (QED) is 0.773. The van der Waals surface area contributed by atoms with Gasteiger partial charge in [0.15, 0.2) is 5.78 Å². The van der Waals surface area contributed by atoms with Gasteiger partial charge in [0, 0.05) is 11.2 Å². The topological polar surface area (TPSA) is 50.4 Å². The van der Waals surface area contributed by atoms with Gasteiger partial charge in [0.2, 0.25) is 6.23 Å². The lowest BCUT2D eigenvalue weighted by atomic mass is 9.97. The van der Waals surface area contributed by atoms with Gasteiger partial charge in [0.25, 0.3) is 0 Å². The Morgan fingerprint density at radius 3 is 2.77 bits per heavy atom. The number of ketones is 1. The van der Waals surface area contributed by atoms with Gasteiger partial charge in [-0.2, -0.15) is 0 Å². The predicted octanol–water partition coefficient (Wildman–Crippen LogP) is 3.97. The summed E-state index contributed by atoms with van der Waals surface area (Å²) in [5, 5.41) is 6.98. The molecule has 2 aromatic rings. The van der Waals surface area contributed by atoms with Crippen LogP contribution in [0.1, 0.15) is 15.9 Å². The number of carbonyl (C=O) groups is 1. The van der Waals surface area contributed by atoms with E-state index in [4.69, 9.17) is 16.3 Å². The van der Waals surface area contributed by atoms with Crippen LogP contribution in [0.2, 0.25) is 5.02 Å². The predicted molar refractivity (Wildman–Crippen MR) is 86.7 cm³/mol. The van der Waals surface area contributed by atoms with Crippen LogP contribution in [0.15, 0.2) is 48.2 Å². The molecule has 2 aliphatic rings. The summed E-state index contributed by atoms with van der Waals surface area (Å²) in [6.07, 6.45) is 1.18. The summed E-state index contributed by atoms with van der Waals surface area (Å²) in [4.78, 5) is 12.7. The van der Waals surface area contributed by atoms with Gasteiger partial charge in [0.05, 0.1) is 22.5 Å². The molecule has 4 nitrogen and oxygen atoms in total. The molecule has 2 aliphatic heterocycles. The SMILES string of the molecule is Cc1cc2c(cc1Cl)C(=O)C1=CNc3ccccc3N[C@H]1O2. The molecule has 2 heterocycles. The number of para-hydroxylation sites is 2. The molecule has 2 N–H and O–H groups in total. The highest BCUT2D eigenvalue weighted by Gasteiger charge is 2.34. The molecule has 22 heavy (non-hydrogen) atoms. The maximum atomic E-state index is 12.7. The van der Waals surface area contributed by atoms with E-state index < -0.39 is 6.23 Å². The maximum Gasteiger partial charge on any atom is 0.201 e. The summed E-state index contributed by atoms with van der Waals surface area (Å²) in [6.45, 7) is 1.89. The van der Waals surface area contributed by atoms with E-state index in [1.165, 1.54) is 0 Å². The minimum Gasteiger partial charge on any atom is -0.465 e. The summed E-state index contributed by atoms with van der Waals surface area (Å²) < 4.78 is 5.98. The van der Waals surface area contributed by atoms with Crippen molar-refractivity contribution < 1.29 is 9.53 Å². The van der Waals surface area contributed by atoms with E-state index in [-0.39, 0.29) is 5.78 Å². The Morgan fingerprint density at radius 1 is 1.18 bits per heavy atom. The molecule has 0 saturated carbocycles. The number of fused-ring (bicyclic) bond motifs is 3. The second kappa shape index (κ2) is 4.78. The average Bonchev–Trinajstić information content (AvgIpc) is 2.69. The Morgan fingerprint density at radius 2 is 1.95 bits per heavy atom. The van der Waals surface area contributed by atoms with Crippen molar-refractivity contribution in [2.24, 2.45) is 0 Å². The van der Waals surface area contributed by atoms with Crippen LogP contribution in [0.25, 0.3) is 0 Å². The number of Topliss-reactive ketones (excluding diaryl/α,β-unsaturated/α-hetero) is 1. The zero-order valence-electron chi connectivity index (χ0n) is 11.8. The lowest BCUT2D eigenvalue weighted by Gasteiger charge is -2.28. The number of rotatable bonds is 0. The fourth-order valence-corrected chi connectivity index (χ4v) is 2.84. The van der Waals surface area contributed by atoms with Crippen LogP contribution in [0, 0.1) is 6.92 Å². The first-order chi connectivity index (χ1) is 10.6. The lowest BCUT2D eigenvalue weighted by Crippen LogP contribution is -2.36. The van der Waals surface area contributed by atoms with E-state index in [0.717, 1.165) is 16.9 Å². The molecular weight excluding hydrogens is 300 g/mol. The summed E-state index contributed by atoms with van der Waals surface area (Å²) >= 11 is 6.13. The molecular formula is C17H13ClN2O2. The fraction of sp³-hybridized carbons (Fsp3) is 0.118. The molecule has 0 fully saturated rings. The zero-order chi connectivity index (χ0) is 15.3. The maximum absolute atomic E-state index is 12.7. The van der Waals surface area contributed by atoms with Crippen molar-refractivity contribution in [3.63, 3.8) is 0 Å². The van der Waals surface area contributed by atoms with Crippen LogP contribution in [0.3, 0.4) is 0 Å². The number of carbonyl (C=O) groups excluding carboxylic acids is 1. The van der Waals surface area contributed by atoms with Crippen LogP contribution in [-0.4, -0.2) is 12.0 Å². The average molecular weight is 313 g/mol. The largest absolute Gasteiger partial charge is 0.465 e. The number of nitrogens with one attached hydrogen (secondary N) is 2. The normalized spacial score (nSPS) is 18.5. The fourth-order valence-electron chi connectivity index (χ4n) is 2.68. The Kier molecular flexibility index (Phi) is 2.87. The molecule has 0 unspecified atom stereocenters. The second-order valence-electron chi connectivity index (χ2n) is 5.36. The van der Waals surface area contributed by atoms with Crippen molar-refractivity contribution in [2.75, 3.05) is 10.6 Å². The Labute approximate surface area is 132 Å². The molecule has 1 atom stereocenters. The van der Waals surface area contributed by atoms with Crippen LogP contribution in [-0.2, 0) is 0 Å². The number of aryl methyl sites for hydroxylation is 1. The summed E-state index contributed by atoms with van der Waals surface area (Å²) in [5.41, 5.74) is 3.70. The van der Waals surface area contributed by atoms with E-state index in [9.17, 15) is 4.79 Å². The van der Waals surface area contributed by atoms with Crippen LogP contribution >= 0.6 is 11.6 Å². The third-order valence-corrected chi connectivity index (χ3v) is 4.30. The van der Waals surface area contributed by atoms with Gasteiger partial charge in [-0.25, -0.2) is 0 Å². The number of hydrogen-bond donors (Lipinski definition) is 2. The number of benzene rings is 2.